The van der Waals surface area contributed by atoms with Crippen LogP contribution in [0.5, 0.6) is 0 Å². The van der Waals surface area contributed by atoms with Crippen LogP contribution >= 0.6 is 15.9 Å². The fourth-order valence-corrected chi connectivity index (χ4v) is 2.60. The van der Waals surface area contributed by atoms with Gasteiger partial charge in [0.25, 0.3) is 0 Å². The number of nitrogens with zero attached hydrogens (tertiary/aromatic N) is 3. The maximum Gasteiger partial charge on any atom is 0.142 e. The average Bonchev–Trinajstić information content (AvgIpc) is 2.67. The Bertz CT molecular complexity index is 278. The van der Waals surface area contributed by atoms with Gasteiger partial charge in [-0.15, -0.1) is 0 Å². The summed E-state index contributed by atoms with van der Waals surface area (Å²) in [6.45, 7) is 2.06. The SMILES string of the molecule is BrCC1CCCN1Cc1ncccn1. The number of hydrogen-bond acceptors (Lipinski definition) is 3. The van der Waals surface area contributed by atoms with Crippen molar-refractivity contribution in [2.45, 2.75) is 25.4 Å². The lowest BCUT2D eigenvalue weighted by molar-refractivity contribution is 0.258. The van der Waals surface area contributed by atoms with Crippen LogP contribution in [0.15, 0.2) is 18.5 Å². The van der Waals surface area contributed by atoms with Crippen molar-refractivity contribution in [2.24, 2.45) is 0 Å². The van der Waals surface area contributed by atoms with Gasteiger partial charge in [0.1, 0.15) is 5.82 Å². The van der Waals surface area contributed by atoms with Crippen molar-refractivity contribution in [2.75, 3.05) is 11.9 Å². The second-order valence-electron chi connectivity index (χ2n) is 3.59. The topological polar surface area (TPSA) is 29.0 Å². The first kappa shape index (κ1) is 10.1. The molecule has 1 aliphatic heterocycles. The zero-order valence-corrected chi connectivity index (χ0v) is 9.65. The minimum Gasteiger partial charge on any atom is -0.292 e. The van der Waals surface area contributed by atoms with Gasteiger partial charge in [-0.2, -0.15) is 0 Å². The fourth-order valence-electron chi connectivity index (χ4n) is 1.87. The van der Waals surface area contributed by atoms with E-state index in [1.807, 2.05) is 18.5 Å². The highest BCUT2D eigenvalue weighted by atomic mass is 79.9. The third-order valence-electron chi connectivity index (χ3n) is 2.64. The summed E-state index contributed by atoms with van der Waals surface area (Å²) < 4.78 is 0. The first-order chi connectivity index (χ1) is 6.90. The molecule has 1 aromatic heterocycles. The number of likely N-dealkylation sites (tertiary alicyclic amines) is 1. The number of hydrogen-bond donors (Lipinski definition) is 0. The van der Waals surface area contributed by atoms with Gasteiger partial charge in [0.05, 0.1) is 6.54 Å². The van der Waals surface area contributed by atoms with E-state index in [0.717, 1.165) is 17.7 Å². The van der Waals surface area contributed by atoms with Crippen LogP contribution in [0.2, 0.25) is 0 Å². The van der Waals surface area contributed by atoms with Crippen LogP contribution in [0.3, 0.4) is 0 Å². The highest BCUT2D eigenvalue weighted by molar-refractivity contribution is 9.09. The lowest BCUT2D eigenvalue weighted by atomic mass is 10.2. The second kappa shape index (κ2) is 4.84. The monoisotopic (exact) mass is 255 g/mol. The van der Waals surface area contributed by atoms with Crippen LogP contribution in [0.25, 0.3) is 0 Å². The third kappa shape index (κ3) is 2.30. The molecule has 1 saturated heterocycles. The van der Waals surface area contributed by atoms with Crippen molar-refractivity contribution in [3.05, 3.63) is 24.3 Å². The summed E-state index contributed by atoms with van der Waals surface area (Å²) in [5.74, 6) is 0.931. The average molecular weight is 256 g/mol. The van der Waals surface area contributed by atoms with E-state index >= 15 is 0 Å². The molecule has 2 heterocycles. The maximum atomic E-state index is 4.24. The summed E-state index contributed by atoms with van der Waals surface area (Å²) in [4.78, 5) is 10.9. The molecule has 0 amide bonds. The van der Waals surface area contributed by atoms with Gasteiger partial charge in [0.2, 0.25) is 0 Å². The molecule has 1 unspecified atom stereocenters. The van der Waals surface area contributed by atoms with Crippen LogP contribution in [0, 0.1) is 0 Å². The lowest BCUT2D eigenvalue weighted by Crippen LogP contribution is -2.30. The van der Waals surface area contributed by atoms with Gasteiger partial charge in [-0.1, -0.05) is 15.9 Å². The first-order valence-corrected chi connectivity index (χ1v) is 6.08. The Kier molecular flexibility index (Phi) is 3.48. The van der Waals surface area contributed by atoms with Gasteiger partial charge in [-0.25, -0.2) is 9.97 Å². The molecule has 1 aromatic rings. The lowest BCUT2D eigenvalue weighted by Gasteiger charge is -2.21. The van der Waals surface area contributed by atoms with E-state index in [1.54, 1.807) is 0 Å². The van der Waals surface area contributed by atoms with E-state index in [-0.39, 0.29) is 0 Å². The molecule has 1 fully saturated rings. The van der Waals surface area contributed by atoms with Gasteiger partial charge in [-0.3, -0.25) is 4.90 Å². The summed E-state index contributed by atoms with van der Waals surface area (Å²) in [6, 6.07) is 2.52. The predicted molar refractivity (Wildman–Crippen MR) is 59.3 cm³/mol. The van der Waals surface area contributed by atoms with Crippen LogP contribution in [0.1, 0.15) is 18.7 Å². The van der Waals surface area contributed by atoms with Crippen molar-refractivity contribution in [3.8, 4) is 0 Å². The van der Waals surface area contributed by atoms with Crippen LogP contribution in [-0.2, 0) is 6.54 Å². The third-order valence-corrected chi connectivity index (χ3v) is 3.39. The minimum absolute atomic E-state index is 0.666. The van der Waals surface area contributed by atoms with E-state index in [1.165, 1.54) is 19.4 Å². The van der Waals surface area contributed by atoms with E-state index < -0.39 is 0 Å². The molecule has 2 rings (SSSR count). The molecule has 0 spiro atoms. The van der Waals surface area contributed by atoms with E-state index in [2.05, 4.69) is 30.8 Å². The summed E-state index contributed by atoms with van der Waals surface area (Å²) in [5.41, 5.74) is 0. The molecule has 14 heavy (non-hydrogen) atoms. The molecule has 0 radical (unpaired) electrons. The van der Waals surface area contributed by atoms with Crippen LogP contribution < -0.4 is 0 Å². The largest absolute Gasteiger partial charge is 0.292 e. The van der Waals surface area contributed by atoms with Crippen LogP contribution in [0.4, 0.5) is 0 Å². The Morgan fingerprint density at radius 2 is 2.21 bits per heavy atom. The standard InChI is InChI=1S/C10H14BrN3/c11-7-9-3-1-6-14(9)8-10-12-4-2-5-13-10/h2,4-5,9H,1,3,6-8H2. The summed E-state index contributed by atoms with van der Waals surface area (Å²) in [6.07, 6.45) is 6.20. The normalized spacial score (nSPS) is 22.8. The Balaban J connectivity index is 1.97. The molecule has 4 heteroatoms. The highest BCUT2D eigenvalue weighted by Gasteiger charge is 2.23. The van der Waals surface area contributed by atoms with E-state index in [4.69, 9.17) is 0 Å². The molecule has 0 N–H and O–H groups in total. The molecule has 0 bridgehead atoms. The molecule has 0 aliphatic carbocycles. The maximum absolute atomic E-state index is 4.24. The number of halogens is 1. The number of alkyl halides is 1. The molecular weight excluding hydrogens is 242 g/mol. The quantitative estimate of drug-likeness (QED) is 0.773. The molecular formula is C10H14BrN3. The second-order valence-corrected chi connectivity index (χ2v) is 4.23. The number of rotatable bonds is 3. The Morgan fingerprint density at radius 3 is 2.93 bits per heavy atom. The Labute approximate surface area is 92.7 Å². The molecule has 3 nitrogen and oxygen atoms in total. The Hall–Kier alpha value is -0.480. The van der Waals surface area contributed by atoms with Crippen LogP contribution in [-0.4, -0.2) is 32.8 Å². The smallest absolute Gasteiger partial charge is 0.142 e. The van der Waals surface area contributed by atoms with Gasteiger partial charge in [-0.05, 0) is 25.5 Å². The minimum atomic E-state index is 0.666. The summed E-state index contributed by atoms with van der Waals surface area (Å²) in [5, 5.41) is 1.06. The van der Waals surface area contributed by atoms with Crippen molar-refractivity contribution < 1.29 is 0 Å². The van der Waals surface area contributed by atoms with Crippen molar-refractivity contribution >= 4 is 15.9 Å². The molecule has 1 atom stereocenters. The molecule has 0 aromatic carbocycles. The zero-order chi connectivity index (χ0) is 9.80. The van der Waals surface area contributed by atoms with Gasteiger partial charge in [0, 0.05) is 23.8 Å². The highest BCUT2D eigenvalue weighted by Crippen LogP contribution is 2.20. The fraction of sp³-hybridized carbons (Fsp3) is 0.600. The van der Waals surface area contributed by atoms with Crippen molar-refractivity contribution in [3.63, 3.8) is 0 Å². The summed E-state index contributed by atoms with van der Waals surface area (Å²) >= 11 is 3.55. The van der Waals surface area contributed by atoms with E-state index in [0.29, 0.717) is 6.04 Å². The molecule has 1 aliphatic rings. The first-order valence-electron chi connectivity index (χ1n) is 4.96. The van der Waals surface area contributed by atoms with Gasteiger partial charge < -0.3 is 0 Å². The Morgan fingerprint density at radius 1 is 1.43 bits per heavy atom. The predicted octanol–water partition coefficient (Wildman–Crippen LogP) is 1.84. The van der Waals surface area contributed by atoms with E-state index in [9.17, 15) is 0 Å². The van der Waals surface area contributed by atoms with Gasteiger partial charge in [0.15, 0.2) is 0 Å². The number of aromatic nitrogens is 2. The molecule has 76 valence electrons. The molecule has 0 saturated carbocycles. The zero-order valence-electron chi connectivity index (χ0n) is 8.06. The van der Waals surface area contributed by atoms with Crippen molar-refractivity contribution in [1.82, 2.24) is 14.9 Å². The summed E-state index contributed by atoms with van der Waals surface area (Å²) in [7, 11) is 0. The van der Waals surface area contributed by atoms with Gasteiger partial charge >= 0.3 is 0 Å². The van der Waals surface area contributed by atoms with Crippen molar-refractivity contribution in [1.29, 1.82) is 0 Å².